The van der Waals surface area contributed by atoms with Crippen molar-refractivity contribution in [2.75, 3.05) is 15.5 Å². The highest BCUT2D eigenvalue weighted by Crippen LogP contribution is 2.31. The lowest BCUT2D eigenvalue weighted by Crippen LogP contribution is -2.32. The number of hydrogen-bond acceptors (Lipinski definition) is 4. The Morgan fingerprint density at radius 2 is 1.58 bits per heavy atom. The van der Waals surface area contributed by atoms with E-state index in [1.165, 1.54) is 5.56 Å². The third kappa shape index (κ3) is 5.50. The zero-order valence-corrected chi connectivity index (χ0v) is 21.3. The van der Waals surface area contributed by atoms with E-state index in [1.807, 2.05) is 44.2 Å². The van der Waals surface area contributed by atoms with Crippen molar-refractivity contribution in [3.8, 4) is 0 Å². The molecular weight excluding hydrogens is 474 g/mol. The standard InChI is InChI=1S/C29H28ClN3O3/c1-4-5-7-20-10-12-22(13-11-20)32-27(34)21-8-6-9-23(17-21)31-26-25(30)28(35)33(29(26)36)24-15-18(2)14-19(3)16-24/h6,8-17,31H,4-5,7H2,1-3H3,(H,32,34). The van der Waals surface area contributed by atoms with E-state index in [4.69, 9.17) is 11.6 Å². The smallest absolute Gasteiger partial charge is 0.283 e. The zero-order chi connectivity index (χ0) is 25.8. The van der Waals surface area contributed by atoms with Gasteiger partial charge in [0, 0.05) is 16.9 Å². The molecule has 0 saturated heterocycles. The second-order valence-electron chi connectivity index (χ2n) is 8.94. The van der Waals surface area contributed by atoms with E-state index < -0.39 is 11.8 Å². The van der Waals surface area contributed by atoms with Crippen LogP contribution in [0.25, 0.3) is 0 Å². The van der Waals surface area contributed by atoms with Crippen molar-refractivity contribution in [2.24, 2.45) is 0 Å². The summed E-state index contributed by atoms with van der Waals surface area (Å²) in [7, 11) is 0. The van der Waals surface area contributed by atoms with E-state index in [0.717, 1.165) is 35.3 Å². The third-order valence-corrected chi connectivity index (χ3v) is 6.27. The molecule has 1 heterocycles. The number of imide groups is 1. The summed E-state index contributed by atoms with van der Waals surface area (Å²) in [5, 5.41) is 5.64. The number of amides is 3. The minimum absolute atomic E-state index is 0.0268. The number of unbranched alkanes of at least 4 members (excludes halogenated alkanes) is 1. The SMILES string of the molecule is CCCCc1ccc(NC(=O)c2cccc(NC3=C(Cl)C(=O)N(c4cc(C)cc(C)c4)C3=O)c2)cc1. The Morgan fingerprint density at radius 3 is 2.25 bits per heavy atom. The van der Waals surface area contributed by atoms with Gasteiger partial charge in [0.2, 0.25) is 0 Å². The van der Waals surface area contributed by atoms with Gasteiger partial charge >= 0.3 is 0 Å². The predicted molar refractivity (Wildman–Crippen MR) is 144 cm³/mol. The highest BCUT2D eigenvalue weighted by Gasteiger charge is 2.39. The fraction of sp³-hybridized carbons (Fsp3) is 0.207. The van der Waals surface area contributed by atoms with Crippen LogP contribution in [0.1, 0.15) is 46.8 Å². The average molecular weight is 502 g/mol. The van der Waals surface area contributed by atoms with Crippen molar-refractivity contribution in [1.82, 2.24) is 0 Å². The van der Waals surface area contributed by atoms with Gasteiger partial charge in [-0.2, -0.15) is 0 Å². The predicted octanol–water partition coefficient (Wildman–Crippen LogP) is 6.33. The number of nitrogens with one attached hydrogen (secondary N) is 2. The summed E-state index contributed by atoms with van der Waals surface area (Å²) in [5.74, 6) is -1.43. The first-order valence-corrected chi connectivity index (χ1v) is 12.3. The molecule has 0 saturated carbocycles. The van der Waals surface area contributed by atoms with Crippen molar-refractivity contribution >= 4 is 46.4 Å². The molecule has 4 rings (SSSR count). The molecular formula is C29H28ClN3O3. The van der Waals surface area contributed by atoms with E-state index in [2.05, 4.69) is 17.6 Å². The number of carbonyl (C=O) groups excluding carboxylic acids is 3. The number of benzene rings is 3. The lowest BCUT2D eigenvalue weighted by Gasteiger charge is -2.16. The van der Waals surface area contributed by atoms with Crippen LogP contribution in [0, 0.1) is 13.8 Å². The Hall–Kier alpha value is -3.90. The van der Waals surface area contributed by atoms with Crippen LogP contribution >= 0.6 is 11.6 Å². The maximum atomic E-state index is 13.1. The largest absolute Gasteiger partial charge is 0.350 e. The lowest BCUT2D eigenvalue weighted by atomic mass is 10.1. The van der Waals surface area contributed by atoms with Crippen LogP contribution in [0.5, 0.6) is 0 Å². The van der Waals surface area contributed by atoms with Crippen LogP contribution in [-0.4, -0.2) is 17.7 Å². The van der Waals surface area contributed by atoms with E-state index in [9.17, 15) is 14.4 Å². The number of nitrogens with zero attached hydrogens (tertiary/aromatic N) is 1. The Labute approximate surface area is 216 Å². The second kappa shape index (κ2) is 10.8. The topological polar surface area (TPSA) is 78.5 Å². The molecule has 3 aromatic rings. The monoisotopic (exact) mass is 501 g/mol. The number of anilines is 3. The summed E-state index contributed by atoms with van der Waals surface area (Å²) in [6.45, 7) is 5.95. The van der Waals surface area contributed by atoms with Crippen molar-refractivity contribution in [2.45, 2.75) is 40.0 Å². The molecule has 0 spiro atoms. The number of rotatable bonds is 8. The first-order valence-electron chi connectivity index (χ1n) is 11.9. The summed E-state index contributed by atoms with van der Waals surface area (Å²) in [6.07, 6.45) is 3.27. The maximum Gasteiger partial charge on any atom is 0.283 e. The average Bonchev–Trinajstić information content (AvgIpc) is 3.06. The Kier molecular flexibility index (Phi) is 7.55. The van der Waals surface area contributed by atoms with Crippen LogP contribution in [-0.2, 0) is 16.0 Å². The molecule has 3 amide bonds. The fourth-order valence-corrected chi connectivity index (χ4v) is 4.36. The van der Waals surface area contributed by atoms with Crippen LogP contribution in [0.15, 0.2) is 77.5 Å². The molecule has 0 fully saturated rings. The number of hydrogen-bond donors (Lipinski definition) is 2. The lowest BCUT2D eigenvalue weighted by molar-refractivity contribution is -0.120. The molecule has 2 N–H and O–H groups in total. The van der Waals surface area contributed by atoms with Crippen LogP contribution < -0.4 is 15.5 Å². The minimum Gasteiger partial charge on any atom is -0.350 e. The summed E-state index contributed by atoms with van der Waals surface area (Å²) < 4.78 is 0. The second-order valence-corrected chi connectivity index (χ2v) is 9.32. The van der Waals surface area contributed by atoms with Gasteiger partial charge in [-0.25, -0.2) is 4.90 Å². The van der Waals surface area contributed by atoms with Gasteiger partial charge in [0.25, 0.3) is 17.7 Å². The van der Waals surface area contributed by atoms with Gasteiger partial charge < -0.3 is 10.6 Å². The molecule has 184 valence electrons. The normalized spacial score (nSPS) is 13.4. The quantitative estimate of drug-likeness (QED) is 0.353. The summed E-state index contributed by atoms with van der Waals surface area (Å²) in [5.41, 5.74) is 5.09. The van der Waals surface area contributed by atoms with Crippen LogP contribution in [0.3, 0.4) is 0 Å². The molecule has 1 aliphatic heterocycles. The zero-order valence-electron chi connectivity index (χ0n) is 20.5. The number of halogens is 1. The minimum atomic E-state index is -0.592. The fourth-order valence-electron chi connectivity index (χ4n) is 4.15. The van der Waals surface area contributed by atoms with Gasteiger partial charge in [-0.15, -0.1) is 0 Å². The summed E-state index contributed by atoms with van der Waals surface area (Å²) in [6, 6.07) is 20.0. The summed E-state index contributed by atoms with van der Waals surface area (Å²) >= 11 is 6.28. The molecule has 0 unspecified atom stereocenters. The van der Waals surface area contributed by atoms with Crippen molar-refractivity contribution in [3.63, 3.8) is 0 Å². The van der Waals surface area contributed by atoms with E-state index in [0.29, 0.717) is 22.6 Å². The van der Waals surface area contributed by atoms with Crippen molar-refractivity contribution in [1.29, 1.82) is 0 Å². The molecule has 0 aromatic heterocycles. The van der Waals surface area contributed by atoms with Gasteiger partial charge in [0.15, 0.2) is 0 Å². The van der Waals surface area contributed by atoms with Crippen LogP contribution in [0.2, 0.25) is 0 Å². The van der Waals surface area contributed by atoms with Gasteiger partial charge in [-0.3, -0.25) is 14.4 Å². The highest BCUT2D eigenvalue weighted by atomic mass is 35.5. The molecule has 1 aliphatic rings. The molecule has 0 radical (unpaired) electrons. The summed E-state index contributed by atoms with van der Waals surface area (Å²) in [4.78, 5) is 39.8. The van der Waals surface area contributed by atoms with Gasteiger partial charge in [0.05, 0.1) is 5.69 Å². The van der Waals surface area contributed by atoms with Crippen LogP contribution in [0.4, 0.5) is 17.1 Å². The van der Waals surface area contributed by atoms with Gasteiger partial charge in [0.1, 0.15) is 10.7 Å². The highest BCUT2D eigenvalue weighted by molar-refractivity contribution is 6.53. The first-order chi connectivity index (χ1) is 17.3. The third-order valence-electron chi connectivity index (χ3n) is 5.92. The van der Waals surface area contributed by atoms with E-state index >= 15 is 0 Å². The van der Waals surface area contributed by atoms with Crippen molar-refractivity contribution in [3.05, 3.63) is 99.7 Å². The van der Waals surface area contributed by atoms with Crippen molar-refractivity contribution < 1.29 is 14.4 Å². The van der Waals surface area contributed by atoms with E-state index in [-0.39, 0.29) is 16.6 Å². The Bertz CT molecular complexity index is 1340. The molecule has 7 heteroatoms. The van der Waals surface area contributed by atoms with Gasteiger partial charge in [-0.1, -0.05) is 49.2 Å². The molecule has 6 nitrogen and oxygen atoms in total. The first kappa shape index (κ1) is 25.2. The number of carbonyl (C=O) groups is 3. The molecule has 0 bridgehead atoms. The number of aryl methyl sites for hydroxylation is 3. The molecule has 0 aliphatic carbocycles. The Balaban J connectivity index is 1.48. The molecule has 3 aromatic carbocycles. The Morgan fingerprint density at radius 1 is 0.889 bits per heavy atom. The van der Waals surface area contributed by atoms with E-state index in [1.54, 1.807) is 36.4 Å². The van der Waals surface area contributed by atoms with Gasteiger partial charge in [-0.05, 0) is 85.8 Å². The molecule has 36 heavy (non-hydrogen) atoms. The molecule has 0 atom stereocenters. The maximum absolute atomic E-state index is 13.1.